The molecule has 0 aliphatic carbocycles. The lowest BCUT2D eigenvalue weighted by molar-refractivity contribution is -0.127. The van der Waals surface area contributed by atoms with Gasteiger partial charge < -0.3 is 14.5 Å². The average molecular weight is 334 g/mol. The van der Waals surface area contributed by atoms with Crippen molar-refractivity contribution in [2.24, 2.45) is 0 Å². The fourth-order valence-electron chi connectivity index (χ4n) is 2.90. The number of rotatable bonds is 4. The van der Waals surface area contributed by atoms with Gasteiger partial charge >= 0.3 is 0 Å². The zero-order chi connectivity index (χ0) is 16.1. The molecular formula is C17H22N2O3S. The van der Waals surface area contributed by atoms with Gasteiger partial charge in [-0.3, -0.25) is 9.59 Å². The Hall–Kier alpha value is -1.53. The van der Waals surface area contributed by atoms with Crippen molar-refractivity contribution in [2.45, 2.75) is 17.7 Å². The Morgan fingerprint density at radius 2 is 1.70 bits per heavy atom. The van der Waals surface area contributed by atoms with Crippen LogP contribution >= 0.6 is 11.8 Å². The van der Waals surface area contributed by atoms with Crippen molar-refractivity contribution in [1.29, 1.82) is 0 Å². The second-order valence-electron chi connectivity index (χ2n) is 5.78. The number of thioether (sulfide) groups is 1. The van der Waals surface area contributed by atoms with Crippen LogP contribution < -0.4 is 0 Å². The molecule has 2 amide bonds. The van der Waals surface area contributed by atoms with Crippen LogP contribution in [0.3, 0.4) is 0 Å². The van der Waals surface area contributed by atoms with Crippen LogP contribution in [0.1, 0.15) is 23.2 Å². The number of ether oxygens (including phenoxy) is 1. The van der Waals surface area contributed by atoms with E-state index in [1.54, 1.807) is 0 Å². The second-order valence-corrected chi connectivity index (χ2v) is 6.79. The first-order chi connectivity index (χ1) is 11.3. The summed E-state index contributed by atoms with van der Waals surface area (Å²) in [6.07, 6.45) is 2.20. The van der Waals surface area contributed by atoms with Gasteiger partial charge in [0, 0.05) is 31.1 Å². The highest BCUT2D eigenvalue weighted by Crippen LogP contribution is 2.25. The third-order valence-electron chi connectivity index (χ3n) is 4.23. The molecule has 0 aromatic heterocycles. The molecule has 0 saturated carbocycles. The van der Waals surface area contributed by atoms with Gasteiger partial charge in [-0.05, 0) is 25.0 Å². The zero-order valence-electron chi connectivity index (χ0n) is 13.2. The highest BCUT2D eigenvalue weighted by molar-refractivity contribution is 8.00. The van der Waals surface area contributed by atoms with E-state index in [0.717, 1.165) is 30.8 Å². The van der Waals surface area contributed by atoms with E-state index in [0.29, 0.717) is 37.6 Å². The van der Waals surface area contributed by atoms with Gasteiger partial charge in [-0.2, -0.15) is 0 Å². The predicted molar refractivity (Wildman–Crippen MR) is 89.7 cm³/mol. The van der Waals surface area contributed by atoms with Crippen LogP contribution in [0.2, 0.25) is 0 Å². The molecule has 2 heterocycles. The Bertz CT molecular complexity index is 567. The van der Waals surface area contributed by atoms with Gasteiger partial charge in [0.05, 0.1) is 24.5 Å². The van der Waals surface area contributed by atoms with Gasteiger partial charge in [-0.15, -0.1) is 11.8 Å². The normalized spacial score (nSPS) is 18.3. The number of morpholine rings is 1. The number of benzene rings is 1. The highest BCUT2D eigenvalue weighted by atomic mass is 32.2. The number of carbonyl (C=O) groups is 2. The molecule has 0 bridgehead atoms. The van der Waals surface area contributed by atoms with Crippen LogP contribution in [0, 0.1) is 0 Å². The minimum atomic E-state index is 0.0324. The third-order valence-corrected chi connectivity index (χ3v) is 5.28. The number of likely N-dealkylation sites (tertiary alicyclic amines) is 1. The van der Waals surface area contributed by atoms with E-state index in [9.17, 15) is 9.59 Å². The van der Waals surface area contributed by atoms with Gasteiger partial charge in [0.25, 0.3) is 5.91 Å². The van der Waals surface area contributed by atoms with Crippen molar-refractivity contribution >= 4 is 23.6 Å². The van der Waals surface area contributed by atoms with Crippen LogP contribution in [0.15, 0.2) is 29.2 Å². The van der Waals surface area contributed by atoms with Crippen LogP contribution in [-0.4, -0.2) is 66.8 Å². The molecule has 0 unspecified atom stereocenters. The van der Waals surface area contributed by atoms with Crippen molar-refractivity contribution in [1.82, 2.24) is 9.80 Å². The largest absolute Gasteiger partial charge is 0.378 e. The molecule has 0 N–H and O–H groups in total. The highest BCUT2D eigenvalue weighted by Gasteiger charge is 2.22. The lowest BCUT2D eigenvalue weighted by atomic mass is 10.2. The van der Waals surface area contributed by atoms with Crippen molar-refractivity contribution < 1.29 is 14.3 Å². The third kappa shape index (κ3) is 4.06. The standard InChI is InChI=1S/C17H22N2O3S/c20-16(18-7-3-4-8-18)13-23-15-6-2-1-5-14(15)17(21)19-9-11-22-12-10-19/h1-2,5-6H,3-4,7-13H2. The molecule has 1 aromatic rings. The smallest absolute Gasteiger partial charge is 0.255 e. The molecule has 0 atom stereocenters. The van der Waals surface area contributed by atoms with Gasteiger partial charge in [0.2, 0.25) is 5.91 Å². The summed E-state index contributed by atoms with van der Waals surface area (Å²) in [5.74, 6) is 0.596. The Balaban J connectivity index is 1.65. The Labute approximate surface area is 141 Å². The number of amides is 2. The van der Waals surface area contributed by atoms with E-state index in [1.165, 1.54) is 11.8 Å². The molecule has 1 aromatic carbocycles. The molecule has 2 aliphatic rings. The fourth-order valence-corrected chi connectivity index (χ4v) is 3.85. The summed E-state index contributed by atoms with van der Waals surface area (Å²) in [5, 5.41) is 0. The van der Waals surface area contributed by atoms with Crippen LogP contribution in [0.4, 0.5) is 0 Å². The summed E-state index contributed by atoms with van der Waals surface area (Å²) >= 11 is 1.46. The Kier molecular flexibility index (Phi) is 5.56. The van der Waals surface area contributed by atoms with Crippen molar-refractivity contribution in [3.63, 3.8) is 0 Å². The van der Waals surface area contributed by atoms with Crippen LogP contribution in [0.25, 0.3) is 0 Å². The molecule has 23 heavy (non-hydrogen) atoms. The zero-order valence-corrected chi connectivity index (χ0v) is 14.0. The SMILES string of the molecule is O=C(CSc1ccccc1C(=O)N1CCOCC1)N1CCCC1. The molecule has 0 radical (unpaired) electrons. The van der Waals surface area contributed by atoms with E-state index in [1.807, 2.05) is 34.1 Å². The molecule has 5 nitrogen and oxygen atoms in total. The van der Waals surface area contributed by atoms with E-state index < -0.39 is 0 Å². The first kappa shape index (κ1) is 16.3. The number of hydrogen-bond donors (Lipinski definition) is 0. The van der Waals surface area contributed by atoms with Gasteiger partial charge in [0.15, 0.2) is 0 Å². The van der Waals surface area contributed by atoms with Crippen LogP contribution in [-0.2, 0) is 9.53 Å². The van der Waals surface area contributed by atoms with Crippen molar-refractivity contribution in [3.8, 4) is 0 Å². The predicted octanol–water partition coefficient (Wildman–Crippen LogP) is 1.87. The minimum absolute atomic E-state index is 0.0324. The molecule has 124 valence electrons. The summed E-state index contributed by atoms with van der Waals surface area (Å²) in [7, 11) is 0. The second kappa shape index (κ2) is 7.84. The van der Waals surface area contributed by atoms with E-state index in [-0.39, 0.29) is 11.8 Å². The van der Waals surface area contributed by atoms with Crippen LogP contribution in [0.5, 0.6) is 0 Å². The maximum Gasteiger partial charge on any atom is 0.255 e. The molecule has 2 saturated heterocycles. The minimum Gasteiger partial charge on any atom is -0.378 e. The molecule has 2 aliphatic heterocycles. The Morgan fingerprint density at radius 1 is 1.00 bits per heavy atom. The number of hydrogen-bond acceptors (Lipinski definition) is 4. The number of nitrogens with zero attached hydrogens (tertiary/aromatic N) is 2. The topological polar surface area (TPSA) is 49.9 Å². The van der Waals surface area contributed by atoms with Crippen molar-refractivity contribution in [3.05, 3.63) is 29.8 Å². The lowest BCUT2D eigenvalue weighted by Crippen LogP contribution is -2.40. The molecular weight excluding hydrogens is 312 g/mol. The fraction of sp³-hybridized carbons (Fsp3) is 0.529. The maximum atomic E-state index is 12.7. The average Bonchev–Trinajstić information content (AvgIpc) is 3.15. The quantitative estimate of drug-likeness (QED) is 0.789. The van der Waals surface area contributed by atoms with E-state index in [4.69, 9.17) is 4.74 Å². The molecule has 2 fully saturated rings. The Morgan fingerprint density at radius 3 is 2.43 bits per heavy atom. The summed E-state index contributed by atoms with van der Waals surface area (Å²) in [5.41, 5.74) is 0.689. The van der Waals surface area contributed by atoms with Gasteiger partial charge in [-0.1, -0.05) is 12.1 Å². The summed E-state index contributed by atoms with van der Waals surface area (Å²) in [6, 6.07) is 7.56. The van der Waals surface area contributed by atoms with Crippen molar-refractivity contribution in [2.75, 3.05) is 45.1 Å². The first-order valence-electron chi connectivity index (χ1n) is 8.12. The summed E-state index contributed by atoms with van der Waals surface area (Å²) in [4.78, 5) is 29.5. The van der Waals surface area contributed by atoms with Gasteiger partial charge in [-0.25, -0.2) is 0 Å². The summed E-state index contributed by atoms with van der Waals surface area (Å²) in [6.45, 7) is 4.18. The summed E-state index contributed by atoms with van der Waals surface area (Å²) < 4.78 is 5.30. The molecule has 6 heteroatoms. The van der Waals surface area contributed by atoms with Gasteiger partial charge in [0.1, 0.15) is 0 Å². The number of carbonyl (C=O) groups excluding carboxylic acids is 2. The first-order valence-corrected chi connectivity index (χ1v) is 9.11. The monoisotopic (exact) mass is 334 g/mol. The molecule has 3 rings (SSSR count). The van der Waals surface area contributed by atoms with E-state index in [2.05, 4.69) is 0 Å². The lowest BCUT2D eigenvalue weighted by Gasteiger charge is -2.27. The maximum absolute atomic E-state index is 12.7. The van der Waals surface area contributed by atoms with E-state index >= 15 is 0 Å². The molecule has 0 spiro atoms.